The minimum Gasteiger partial charge on any atom is -0.368 e. The standard InChI is InChI=1S/C24H27N3O2/c1-16-13-18(14-17(2)25-16)15-22(28)27-10-8-24(9-11-27)23-20(7-12-29-24)19-5-3-4-6-21(19)26-23/h3-6,13-14,26H,7-12,15H2,1-2H3. The van der Waals surface area contributed by atoms with Gasteiger partial charge in [0.25, 0.3) is 0 Å². The van der Waals surface area contributed by atoms with Crippen molar-refractivity contribution in [1.29, 1.82) is 0 Å². The summed E-state index contributed by atoms with van der Waals surface area (Å²) >= 11 is 0. The average molecular weight is 389 g/mol. The van der Waals surface area contributed by atoms with Crippen LogP contribution < -0.4 is 0 Å². The summed E-state index contributed by atoms with van der Waals surface area (Å²) in [5.41, 5.74) is 6.51. The molecular formula is C24H27N3O2. The predicted octanol–water partition coefficient (Wildman–Crippen LogP) is 3.81. The molecule has 0 aliphatic carbocycles. The van der Waals surface area contributed by atoms with Crippen LogP contribution in [0.25, 0.3) is 10.9 Å². The van der Waals surface area contributed by atoms with Crippen molar-refractivity contribution in [3.8, 4) is 0 Å². The van der Waals surface area contributed by atoms with E-state index in [0.717, 1.165) is 55.9 Å². The van der Waals surface area contributed by atoms with Crippen molar-refractivity contribution in [2.45, 2.75) is 45.1 Å². The van der Waals surface area contributed by atoms with E-state index in [-0.39, 0.29) is 11.5 Å². The van der Waals surface area contributed by atoms with Gasteiger partial charge >= 0.3 is 0 Å². The molecule has 2 aromatic heterocycles. The molecule has 1 aromatic carbocycles. The first-order valence-electron chi connectivity index (χ1n) is 10.5. The Labute approximate surface area is 171 Å². The van der Waals surface area contributed by atoms with E-state index < -0.39 is 0 Å². The number of benzene rings is 1. The number of para-hydroxylation sites is 1. The predicted molar refractivity (Wildman–Crippen MR) is 113 cm³/mol. The number of nitrogens with one attached hydrogen (secondary N) is 1. The zero-order valence-corrected chi connectivity index (χ0v) is 17.1. The SMILES string of the molecule is Cc1cc(CC(=O)N2CCC3(CC2)OCCc2c3[nH]c3ccccc23)cc(C)n1. The Morgan fingerprint density at radius 1 is 1.17 bits per heavy atom. The van der Waals surface area contributed by atoms with Crippen LogP contribution in [0.15, 0.2) is 36.4 Å². The number of aromatic nitrogens is 2. The van der Waals surface area contributed by atoms with Crippen molar-refractivity contribution in [2.75, 3.05) is 19.7 Å². The van der Waals surface area contributed by atoms with Gasteiger partial charge in [0.05, 0.1) is 18.7 Å². The van der Waals surface area contributed by atoms with E-state index in [9.17, 15) is 4.79 Å². The molecule has 1 saturated heterocycles. The van der Waals surface area contributed by atoms with Gasteiger partial charge in [-0.2, -0.15) is 0 Å². The molecule has 0 saturated carbocycles. The van der Waals surface area contributed by atoms with Gasteiger partial charge in [-0.3, -0.25) is 9.78 Å². The molecule has 0 radical (unpaired) electrons. The largest absolute Gasteiger partial charge is 0.368 e. The van der Waals surface area contributed by atoms with E-state index in [0.29, 0.717) is 6.42 Å². The van der Waals surface area contributed by atoms with E-state index in [4.69, 9.17) is 4.74 Å². The summed E-state index contributed by atoms with van der Waals surface area (Å²) in [6, 6.07) is 12.5. The fourth-order valence-electron chi connectivity index (χ4n) is 5.09. The molecule has 2 aliphatic heterocycles. The number of hydrogen-bond donors (Lipinski definition) is 1. The molecule has 0 unspecified atom stereocenters. The molecule has 2 aliphatic rings. The third-order valence-corrected chi connectivity index (χ3v) is 6.42. The Hall–Kier alpha value is -2.66. The molecular weight excluding hydrogens is 362 g/mol. The van der Waals surface area contributed by atoms with Crippen LogP contribution in [0.5, 0.6) is 0 Å². The number of rotatable bonds is 2. The lowest BCUT2D eigenvalue weighted by Crippen LogP contribution is -2.48. The molecule has 0 atom stereocenters. The summed E-state index contributed by atoms with van der Waals surface area (Å²) in [6.07, 6.45) is 3.07. The summed E-state index contributed by atoms with van der Waals surface area (Å²) < 4.78 is 6.36. The van der Waals surface area contributed by atoms with Crippen molar-refractivity contribution in [3.05, 3.63) is 64.6 Å². The number of carbonyl (C=O) groups excluding carboxylic acids is 1. The van der Waals surface area contributed by atoms with E-state index >= 15 is 0 Å². The lowest BCUT2D eigenvalue weighted by molar-refractivity contribution is -0.140. The summed E-state index contributed by atoms with van der Waals surface area (Å²) in [5, 5.41) is 1.31. The number of carbonyl (C=O) groups is 1. The quantitative estimate of drug-likeness (QED) is 0.725. The van der Waals surface area contributed by atoms with Gasteiger partial charge in [0.15, 0.2) is 0 Å². The number of piperidine rings is 1. The highest BCUT2D eigenvalue weighted by atomic mass is 16.5. The zero-order chi connectivity index (χ0) is 20.0. The van der Waals surface area contributed by atoms with E-state index in [1.165, 1.54) is 22.2 Å². The molecule has 5 rings (SSSR count). The second-order valence-electron chi connectivity index (χ2n) is 8.43. The molecule has 1 N–H and O–H groups in total. The Bertz CT molecular complexity index is 1060. The maximum Gasteiger partial charge on any atom is 0.226 e. The summed E-state index contributed by atoms with van der Waals surface area (Å²) in [5.74, 6) is 0.192. The van der Waals surface area contributed by atoms with Gasteiger partial charge in [-0.05, 0) is 62.4 Å². The van der Waals surface area contributed by atoms with E-state index in [2.05, 4.69) is 34.2 Å². The van der Waals surface area contributed by atoms with Crippen molar-refractivity contribution in [2.24, 2.45) is 0 Å². The molecule has 1 amide bonds. The van der Waals surface area contributed by atoms with Gasteiger partial charge in [0.1, 0.15) is 5.60 Å². The fourth-order valence-corrected chi connectivity index (χ4v) is 5.09. The van der Waals surface area contributed by atoms with E-state index in [1.54, 1.807) is 0 Å². The third kappa shape index (κ3) is 3.23. The van der Waals surface area contributed by atoms with Crippen LogP contribution in [0.4, 0.5) is 0 Å². The van der Waals surface area contributed by atoms with Gasteiger partial charge in [0.2, 0.25) is 5.91 Å². The van der Waals surface area contributed by atoms with Crippen LogP contribution in [-0.4, -0.2) is 40.5 Å². The Balaban J connectivity index is 1.34. The second-order valence-corrected chi connectivity index (χ2v) is 8.43. The van der Waals surface area contributed by atoms with Crippen LogP contribution in [0.1, 0.15) is 41.1 Å². The number of likely N-dealkylation sites (tertiary alicyclic amines) is 1. The molecule has 1 spiro atoms. The minimum absolute atomic E-state index is 0.192. The molecule has 150 valence electrons. The zero-order valence-electron chi connectivity index (χ0n) is 17.1. The highest BCUT2D eigenvalue weighted by molar-refractivity contribution is 5.85. The van der Waals surface area contributed by atoms with Gasteiger partial charge in [-0.25, -0.2) is 0 Å². The maximum atomic E-state index is 12.9. The number of pyridine rings is 1. The number of ether oxygens (including phenoxy) is 1. The Kier molecular flexibility index (Phi) is 4.43. The second kappa shape index (κ2) is 6.99. The molecule has 5 heteroatoms. The first kappa shape index (κ1) is 18.4. The molecule has 0 bridgehead atoms. The molecule has 1 fully saturated rings. The third-order valence-electron chi connectivity index (χ3n) is 6.42. The number of aryl methyl sites for hydroxylation is 2. The summed E-state index contributed by atoms with van der Waals surface area (Å²) in [7, 11) is 0. The number of hydrogen-bond acceptors (Lipinski definition) is 3. The van der Waals surface area contributed by atoms with Crippen LogP contribution in [-0.2, 0) is 28.0 Å². The van der Waals surface area contributed by atoms with Crippen LogP contribution in [0, 0.1) is 13.8 Å². The number of fused-ring (bicyclic) bond motifs is 4. The topological polar surface area (TPSA) is 58.2 Å². The van der Waals surface area contributed by atoms with Crippen LogP contribution in [0.2, 0.25) is 0 Å². The highest BCUT2D eigenvalue weighted by Crippen LogP contribution is 2.43. The van der Waals surface area contributed by atoms with Gasteiger partial charge in [0, 0.05) is 35.4 Å². The van der Waals surface area contributed by atoms with Crippen LogP contribution >= 0.6 is 0 Å². The van der Waals surface area contributed by atoms with Crippen molar-refractivity contribution in [3.63, 3.8) is 0 Å². The smallest absolute Gasteiger partial charge is 0.226 e. The minimum atomic E-state index is -0.284. The molecule has 4 heterocycles. The van der Waals surface area contributed by atoms with E-state index in [1.807, 2.05) is 30.9 Å². The number of amides is 1. The molecule has 5 nitrogen and oxygen atoms in total. The Morgan fingerprint density at radius 3 is 2.66 bits per heavy atom. The average Bonchev–Trinajstić information content (AvgIpc) is 3.08. The number of H-pyrrole nitrogens is 1. The summed E-state index contributed by atoms with van der Waals surface area (Å²) in [6.45, 7) is 6.17. The van der Waals surface area contributed by atoms with Crippen molar-refractivity contribution in [1.82, 2.24) is 14.9 Å². The van der Waals surface area contributed by atoms with Gasteiger partial charge in [-0.15, -0.1) is 0 Å². The fraction of sp³-hybridized carbons (Fsp3) is 0.417. The molecule has 29 heavy (non-hydrogen) atoms. The lowest BCUT2D eigenvalue weighted by Gasteiger charge is -2.43. The monoisotopic (exact) mass is 389 g/mol. The van der Waals surface area contributed by atoms with Crippen LogP contribution in [0.3, 0.4) is 0 Å². The summed E-state index contributed by atoms with van der Waals surface area (Å²) in [4.78, 5) is 22.9. The number of aromatic amines is 1. The van der Waals surface area contributed by atoms with Crippen molar-refractivity contribution >= 4 is 16.8 Å². The first-order valence-corrected chi connectivity index (χ1v) is 10.5. The maximum absolute atomic E-state index is 12.9. The normalized spacial score (nSPS) is 18.2. The van der Waals surface area contributed by atoms with Gasteiger partial charge < -0.3 is 14.6 Å². The lowest BCUT2D eigenvalue weighted by atomic mass is 9.83. The first-order chi connectivity index (χ1) is 14.0. The number of nitrogens with zero attached hydrogens (tertiary/aromatic N) is 2. The van der Waals surface area contributed by atoms with Gasteiger partial charge in [-0.1, -0.05) is 18.2 Å². The molecule has 3 aromatic rings. The Morgan fingerprint density at radius 2 is 1.90 bits per heavy atom. The van der Waals surface area contributed by atoms with Crippen molar-refractivity contribution < 1.29 is 9.53 Å². The highest BCUT2D eigenvalue weighted by Gasteiger charge is 2.43.